The van der Waals surface area contributed by atoms with Crippen LogP contribution in [0.25, 0.3) is 0 Å². The summed E-state index contributed by atoms with van der Waals surface area (Å²) >= 11 is 0. The van der Waals surface area contributed by atoms with Gasteiger partial charge in [0.1, 0.15) is 5.75 Å². The molecule has 20 heavy (non-hydrogen) atoms. The number of rotatable bonds is 5. The lowest BCUT2D eigenvalue weighted by Crippen LogP contribution is -2.12. The van der Waals surface area contributed by atoms with E-state index in [2.05, 4.69) is 34.6 Å². The first-order valence-electron chi connectivity index (χ1n) is 7.18. The predicted octanol–water partition coefficient (Wildman–Crippen LogP) is 2.91. The highest BCUT2D eigenvalue weighted by molar-refractivity contribution is 5.40. The minimum Gasteiger partial charge on any atom is -0.493 e. The highest BCUT2D eigenvalue weighted by Gasteiger charge is 2.20. The molecule has 0 amide bonds. The molecule has 0 radical (unpaired) electrons. The SMILES string of the molecule is CNC1CCc2cc(OCCc3cccnc3)ccc21. The molecule has 1 aliphatic rings. The monoisotopic (exact) mass is 268 g/mol. The van der Waals surface area contributed by atoms with Gasteiger partial charge < -0.3 is 10.1 Å². The molecule has 3 heteroatoms. The van der Waals surface area contributed by atoms with Gasteiger partial charge in [-0.25, -0.2) is 0 Å². The fraction of sp³-hybridized carbons (Fsp3) is 0.353. The van der Waals surface area contributed by atoms with Gasteiger partial charge in [-0.3, -0.25) is 4.98 Å². The number of fused-ring (bicyclic) bond motifs is 1. The van der Waals surface area contributed by atoms with Crippen molar-refractivity contribution in [1.29, 1.82) is 0 Å². The van der Waals surface area contributed by atoms with Crippen molar-refractivity contribution in [3.63, 3.8) is 0 Å². The average molecular weight is 268 g/mol. The molecule has 1 heterocycles. The zero-order chi connectivity index (χ0) is 13.8. The normalized spacial score (nSPS) is 16.9. The van der Waals surface area contributed by atoms with Gasteiger partial charge in [0.15, 0.2) is 0 Å². The van der Waals surface area contributed by atoms with Crippen LogP contribution in [0.1, 0.15) is 29.2 Å². The van der Waals surface area contributed by atoms with E-state index in [4.69, 9.17) is 4.74 Å². The van der Waals surface area contributed by atoms with Crippen molar-refractivity contribution in [3.8, 4) is 5.75 Å². The van der Waals surface area contributed by atoms with E-state index < -0.39 is 0 Å². The lowest BCUT2D eigenvalue weighted by Gasteiger charge is -2.11. The standard InChI is InChI=1S/C17H20N2O/c1-18-17-7-4-14-11-15(5-6-16(14)17)20-10-8-13-3-2-9-19-12-13/h2-3,5-6,9,11-12,17-18H,4,7-8,10H2,1H3. The second-order valence-electron chi connectivity index (χ2n) is 5.20. The highest BCUT2D eigenvalue weighted by atomic mass is 16.5. The van der Waals surface area contributed by atoms with Gasteiger partial charge in [0.25, 0.3) is 0 Å². The molecule has 1 aromatic heterocycles. The molecule has 2 aromatic rings. The van der Waals surface area contributed by atoms with Gasteiger partial charge in [0.05, 0.1) is 6.61 Å². The third kappa shape index (κ3) is 2.83. The summed E-state index contributed by atoms with van der Waals surface area (Å²) in [6.07, 6.45) is 6.91. The third-order valence-corrected chi connectivity index (χ3v) is 3.92. The van der Waals surface area contributed by atoms with Crippen molar-refractivity contribution >= 4 is 0 Å². The molecule has 0 bridgehead atoms. The van der Waals surface area contributed by atoms with Crippen LogP contribution in [0.15, 0.2) is 42.7 Å². The molecule has 104 valence electrons. The molecular formula is C17H20N2O. The summed E-state index contributed by atoms with van der Waals surface area (Å²) in [4.78, 5) is 4.11. The highest BCUT2D eigenvalue weighted by Crippen LogP contribution is 2.33. The van der Waals surface area contributed by atoms with Crippen LogP contribution in [-0.4, -0.2) is 18.6 Å². The molecule has 3 rings (SSSR count). The van der Waals surface area contributed by atoms with Crippen LogP contribution in [-0.2, 0) is 12.8 Å². The van der Waals surface area contributed by atoms with E-state index in [9.17, 15) is 0 Å². The summed E-state index contributed by atoms with van der Waals surface area (Å²) in [6, 6.07) is 11.0. The first kappa shape index (κ1) is 13.1. The maximum atomic E-state index is 5.86. The second kappa shape index (κ2) is 6.06. The fourth-order valence-corrected chi connectivity index (χ4v) is 2.82. The van der Waals surface area contributed by atoms with Crippen LogP contribution in [0.4, 0.5) is 0 Å². The Bertz CT molecular complexity index is 568. The molecule has 0 spiro atoms. The van der Waals surface area contributed by atoms with Crippen molar-refractivity contribution in [2.24, 2.45) is 0 Å². The molecule has 3 nitrogen and oxygen atoms in total. The topological polar surface area (TPSA) is 34.1 Å². The van der Waals surface area contributed by atoms with E-state index in [-0.39, 0.29) is 0 Å². The maximum absolute atomic E-state index is 5.86. The summed E-state index contributed by atoms with van der Waals surface area (Å²) in [7, 11) is 2.03. The smallest absolute Gasteiger partial charge is 0.119 e. The van der Waals surface area contributed by atoms with Crippen molar-refractivity contribution in [2.75, 3.05) is 13.7 Å². The van der Waals surface area contributed by atoms with Crippen LogP contribution < -0.4 is 10.1 Å². The van der Waals surface area contributed by atoms with Crippen LogP contribution in [0.2, 0.25) is 0 Å². The Labute approximate surface area is 120 Å². The molecule has 0 aliphatic heterocycles. The number of hydrogen-bond acceptors (Lipinski definition) is 3. The van der Waals surface area contributed by atoms with Crippen LogP contribution >= 0.6 is 0 Å². The van der Waals surface area contributed by atoms with E-state index >= 15 is 0 Å². The zero-order valence-electron chi connectivity index (χ0n) is 11.8. The number of benzene rings is 1. The molecule has 0 saturated carbocycles. The van der Waals surface area contributed by atoms with E-state index in [1.165, 1.54) is 23.1 Å². The predicted molar refractivity (Wildman–Crippen MR) is 80.0 cm³/mol. The van der Waals surface area contributed by atoms with E-state index in [0.717, 1.165) is 18.6 Å². The summed E-state index contributed by atoms with van der Waals surface area (Å²) < 4.78 is 5.86. The maximum Gasteiger partial charge on any atom is 0.119 e. The Morgan fingerprint density at radius 1 is 1.35 bits per heavy atom. The van der Waals surface area contributed by atoms with Crippen molar-refractivity contribution in [3.05, 3.63) is 59.4 Å². The number of ether oxygens (including phenoxy) is 1. The molecule has 0 saturated heterocycles. The van der Waals surface area contributed by atoms with E-state index in [1.807, 2.05) is 19.3 Å². The van der Waals surface area contributed by atoms with Crippen molar-refractivity contribution in [2.45, 2.75) is 25.3 Å². The summed E-state index contributed by atoms with van der Waals surface area (Å²) in [5, 5.41) is 3.36. The number of pyridine rings is 1. The summed E-state index contributed by atoms with van der Waals surface area (Å²) in [5.41, 5.74) is 4.05. The first-order valence-corrected chi connectivity index (χ1v) is 7.18. The Hall–Kier alpha value is -1.87. The number of hydrogen-bond donors (Lipinski definition) is 1. The number of nitrogens with zero attached hydrogens (tertiary/aromatic N) is 1. The van der Waals surface area contributed by atoms with E-state index in [1.54, 1.807) is 6.20 Å². The largest absolute Gasteiger partial charge is 0.493 e. The Morgan fingerprint density at radius 3 is 3.10 bits per heavy atom. The van der Waals surface area contributed by atoms with Gasteiger partial charge >= 0.3 is 0 Å². The first-order chi connectivity index (χ1) is 9.86. The number of aryl methyl sites for hydroxylation is 1. The van der Waals surface area contributed by atoms with Gasteiger partial charge in [-0.2, -0.15) is 0 Å². The quantitative estimate of drug-likeness (QED) is 0.905. The van der Waals surface area contributed by atoms with Gasteiger partial charge in [-0.15, -0.1) is 0 Å². The zero-order valence-corrected chi connectivity index (χ0v) is 11.8. The minimum atomic E-state index is 0.509. The molecule has 0 fully saturated rings. The summed E-state index contributed by atoms with van der Waals surface area (Å²) in [5.74, 6) is 0.976. The van der Waals surface area contributed by atoms with Crippen LogP contribution in [0, 0.1) is 0 Å². The Balaban J connectivity index is 1.59. The number of nitrogens with one attached hydrogen (secondary N) is 1. The molecule has 1 aromatic carbocycles. The van der Waals surface area contributed by atoms with Gasteiger partial charge in [0, 0.05) is 24.9 Å². The summed E-state index contributed by atoms with van der Waals surface area (Å²) in [6.45, 7) is 0.694. The molecule has 1 unspecified atom stereocenters. The lowest BCUT2D eigenvalue weighted by molar-refractivity contribution is 0.321. The van der Waals surface area contributed by atoms with Crippen LogP contribution in [0.5, 0.6) is 5.75 Å². The van der Waals surface area contributed by atoms with Gasteiger partial charge in [0.2, 0.25) is 0 Å². The second-order valence-corrected chi connectivity index (χ2v) is 5.20. The van der Waals surface area contributed by atoms with Gasteiger partial charge in [-0.05, 0) is 54.8 Å². The molecule has 1 N–H and O–H groups in total. The fourth-order valence-electron chi connectivity index (χ4n) is 2.82. The van der Waals surface area contributed by atoms with E-state index in [0.29, 0.717) is 12.6 Å². The third-order valence-electron chi connectivity index (χ3n) is 3.92. The number of aromatic nitrogens is 1. The molecule has 1 atom stereocenters. The lowest BCUT2D eigenvalue weighted by atomic mass is 10.1. The van der Waals surface area contributed by atoms with Crippen molar-refractivity contribution < 1.29 is 4.74 Å². The van der Waals surface area contributed by atoms with Crippen LogP contribution in [0.3, 0.4) is 0 Å². The molecular weight excluding hydrogens is 248 g/mol. The van der Waals surface area contributed by atoms with Gasteiger partial charge in [-0.1, -0.05) is 12.1 Å². The Morgan fingerprint density at radius 2 is 2.30 bits per heavy atom. The van der Waals surface area contributed by atoms with Crippen molar-refractivity contribution in [1.82, 2.24) is 10.3 Å². The Kier molecular flexibility index (Phi) is 3.97. The average Bonchev–Trinajstić information content (AvgIpc) is 2.90. The molecule has 1 aliphatic carbocycles. The minimum absolute atomic E-state index is 0.509.